The van der Waals surface area contributed by atoms with E-state index in [2.05, 4.69) is 27.0 Å². The zero-order chi connectivity index (χ0) is 15.8. The van der Waals surface area contributed by atoms with Crippen LogP contribution in [0.15, 0.2) is 30.6 Å². The molecule has 0 amide bonds. The Balaban J connectivity index is 1.90. The van der Waals surface area contributed by atoms with E-state index >= 15 is 0 Å². The van der Waals surface area contributed by atoms with Gasteiger partial charge in [0.2, 0.25) is 0 Å². The van der Waals surface area contributed by atoms with Gasteiger partial charge in [0.1, 0.15) is 17.0 Å². The molecule has 0 saturated carbocycles. The lowest BCUT2D eigenvalue weighted by atomic mass is 10.1. The van der Waals surface area contributed by atoms with Crippen molar-refractivity contribution in [3.63, 3.8) is 0 Å². The Morgan fingerprint density at radius 1 is 1.35 bits per heavy atom. The molecule has 0 unspecified atom stereocenters. The van der Waals surface area contributed by atoms with Crippen molar-refractivity contribution in [2.24, 2.45) is 0 Å². The minimum Gasteiger partial charge on any atom is -0.377 e. The number of aromatic amines is 1. The van der Waals surface area contributed by atoms with Crippen LogP contribution in [0.2, 0.25) is 5.02 Å². The molecule has 1 aliphatic rings. The van der Waals surface area contributed by atoms with E-state index in [0.717, 1.165) is 34.7 Å². The van der Waals surface area contributed by atoms with E-state index in [1.165, 1.54) is 0 Å². The third-order valence-electron chi connectivity index (χ3n) is 4.08. The summed E-state index contributed by atoms with van der Waals surface area (Å²) in [4.78, 5) is 11.5. The molecule has 4 rings (SSSR count). The molecule has 3 aromatic heterocycles. The predicted molar refractivity (Wildman–Crippen MR) is 89.8 cm³/mol. The highest BCUT2D eigenvalue weighted by Gasteiger charge is 2.22. The molecule has 4 heterocycles. The number of ether oxygens (including phenoxy) is 1. The molecule has 3 aromatic rings. The SMILES string of the molecule is C[C@@H]1COCCN1c1cc(Cl)c2ccnc(-c3ccn[nH]3)c2n1. The van der Waals surface area contributed by atoms with Crippen LogP contribution in [0.1, 0.15) is 6.92 Å². The van der Waals surface area contributed by atoms with Gasteiger partial charge in [-0.15, -0.1) is 0 Å². The summed E-state index contributed by atoms with van der Waals surface area (Å²) < 4.78 is 5.51. The number of H-pyrrole nitrogens is 1. The van der Waals surface area contributed by atoms with E-state index in [0.29, 0.717) is 18.2 Å². The second-order valence-electron chi connectivity index (χ2n) is 5.61. The summed E-state index contributed by atoms with van der Waals surface area (Å²) in [6, 6.07) is 5.94. The Kier molecular flexibility index (Phi) is 3.63. The van der Waals surface area contributed by atoms with Crippen molar-refractivity contribution < 1.29 is 4.74 Å². The summed E-state index contributed by atoms with van der Waals surface area (Å²) >= 11 is 6.51. The maximum Gasteiger partial charge on any atom is 0.131 e. The Morgan fingerprint density at radius 3 is 3.04 bits per heavy atom. The zero-order valence-electron chi connectivity index (χ0n) is 12.7. The molecule has 1 fully saturated rings. The Morgan fingerprint density at radius 2 is 2.26 bits per heavy atom. The minimum absolute atomic E-state index is 0.261. The van der Waals surface area contributed by atoms with Gasteiger partial charge < -0.3 is 9.64 Å². The van der Waals surface area contributed by atoms with Crippen LogP contribution in [-0.2, 0) is 4.74 Å². The monoisotopic (exact) mass is 329 g/mol. The second kappa shape index (κ2) is 5.79. The Labute approximate surface area is 138 Å². The summed E-state index contributed by atoms with van der Waals surface area (Å²) in [6.45, 7) is 4.31. The number of rotatable bonds is 2. The molecular formula is C16H16ClN5O. The van der Waals surface area contributed by atoms with Crippen molar-refractivity contribution in [1.29, 1.82) is 0 Å². The van der Waals surface area contributed by atoms with Crippen molar-refractivity contribution in [3.8, 4) is 11.4 Å². The van der Waals surface area contributed by atoms with Gasteiger partial charge in [0.15, 0.2) is 0 Å². The first-order valence-corrected chi connectivity index (χ1v) is 7.91. The third kappa shape index (κ3) is 2.54. The number of pyridine rings is 2. The number of halogens is 1. The number of aromatic nitrogens is 4. The molecule has 23 heavy (non-hydrogen) atoms. The number of anilines is 1. The van der Waals surface area contributed by atoms with Gasteiger partial charge in [0.05, 0.1) is 30.0 Å². The van der Waals surface area contributed by atoms with Gasteiger partial charge >= 0.3 is 0 Å². The van der Waals surface area contributed by atoms with Crippen LogP contribution in [0.3, 0.4) is 0 Å². The summed E-state index contributed by atoms with van der Waals surface area (Å²) in [7, 11) is 0. The molecule has 7 heteroatoms. The fourth-order valence-corrected chi connectivity index (χ4v) is 3.15. The maximum atomic E-state index is 6.51. The lowest BCUT2D eigenvalue weighted by molar-refractivity contribution is 0.0986. The van der Waals surface area contributed by atoms with E-state index in [1.54, 1.807) is 12.4 Å². The number of nitrogens with zero attached hydrogens (tertiary/aromatic N) is 4. The molecular weight excluding hydrogens is 314 g/mol. The van der Waals surface area contributed by atoms with Crippen LogP contribution in [0.4, 0.5) is 5.82 Å². The molecule has 6 nitrogen and oxygen atoms in total. The zero-order valence-corrected chi connectivity index (χ0v) is 13.4. The average Bonchev–Trinajstić information content (AvgIpc) is 3.09. The van der Waals surface area contributed by atoms with Gasteiger partial charge in [0, 0.05) is 24.3 Å². The van der Waals surface area contributed by atoms with Crippen LogP contribution < -0.4 is 4.90 Å². The number of fused-ring (bicyclic) bond motifs is 1. The lowest BCUT2D eigenvalue weighted by Crippen LogP contribution is -2.44. The molecule has 0 aliphatic carbocycles. The molecule has 0 spiro atoms. The topological polar surface area (TPSA) is 66.9 Å². The standard InChI is InChI=1S/C16H16ClN5O/c1-10-9-23-7-6-22(10)14-8-12(17)11-2-4-18-16(15(11)20-14)13-3-5-19-21-13/h2-5,8,10H,6-7,9H2,1H3,(H,19,21)/t10-/m1/s1. The molecule has 1 atom stereocenters. The lowest BCUT2D eigenvalue weighted by Gasteiger charge is -2.34. The van der Waals surface area contributed by atoms with Gasteiger partial charge in [-0.25, -0.2) is 4.98 Å². The molecule has 1 aliphatic heterocycles. The van der Waals surface area contributed by atoms with Crippen molar-refractivity contribution in [1.82, 2.24) is 20.2 Å². The largest absolute Gasteiger partial charge is 0.377 e. The van der Waals surface area contributed by atoms with Crippen LogP contribution in [0, 0.1) is 0 Å². The van der Waals surface area contributed by atoms with Crippen molar-refractivity contribution >= 4 is 28.3 Å². The predicted octanol–water partition coefficient (Wildman–Crippen LogP) is 2.90. The highest BCUT2D eigenvalue weighted by molar-refractivity contribution is 6.35. The van der Waals surface area contributed by atoms with Crippen LogP contribution in [0.25, 0.3) is 22.3 Å². The molecule has 1 N–H and O–H groups in total. The Bertz CT molecular complexity index is 836. The average molecular weight is 330 g/mol. The highest BCUT2D eigenvalue weighted by atomic mass is 35.5. The van der Waals surface area contributed by atoms with Crippen LogP contribution in [-0.4, -0.2) is 46.0 Å². The second-order valence-corrected chi connectivity index (χ2v) is 6.01. The van der Waals surface area contributed by atoms with E-state index in [9.17, 15) is 0 Å². The van der Waals surface area contributed by atoms with Crippen LogP contribution >= 0.6 is 11.6 Å². The van der Waals surface area contributed by atoms with Gasteiger partial charge in [-0.3, -0.25) is 10.1 Å². The summed E-state index contributed by atoms with van der Waals surface area (Å²) in [5, 5.41) is 8.50. The van der Waals surface area contributed by atoms with Gasteiger partial charge in [0.25, 0.3) is 0 Å². The van der Waals surface area contributed by atoms with Gasteiger partial charge in [-0.2, -0.15) is 5.10 Å². The minimum atomic E-state index is 0.261. The molecule has 0 radical (unpaired) electrons. The van der Waals surface area contributed by atoms with Gasteiger partial charge in [-0.1, -0.05) is 11.6 Å². The van der Waals surface area contributed by atoms with Crippen molar-refractivity contribution in [3.05, 3.63) is 35.6 Å². The molecule has 1 saturated heterocycles. The normalized spacial score (nSPS) is 18.5. The summed E-state index contributed by atoms with van der Waals surface area (Å²) in [5.74, 6) is 0.854. The van der Waals surface area contributed by atoms with E-state index in [4.69, 9.17) is 21.3 Å². The van der Waals surface area contributed by atoms with E-state index in [1.807, 2.05) is 18.2 Å². The van der Waals surface area contributed by atoms with Crippen molar-refractivity contribution in [2.45, 2.75) is 13.0 Å². The maximum absolute atomic E-state index is 6.51. The number of hydrogen-bond acceptors (Lipinski definition) is 5. The fraction of sp³-hybridized carbons (Fsp3) is 0.312. The number of morpholine rings is 1. The van der Waals surface area contributed by atoms with E-state index in [-0.39, 0.29) is 6.04 Å². The molecule has 0 bridgehead atoms. The first-order valence-electron chi connectivity index (χ1n) is 7.53. The quantitative estimate of drug-likeness (QED) is 0.783. The molecule has 118 valence electrons. The summed E-state index contributed by atoms with van der Waals surface area (Å²) in [6.07, 6.45) is 3.44. The highest BCUT2D eigenvalue weighted by Crippen LogP contribution is 2.32. The first kappa shape index (κ1) is 14.4. The Hall–Kier alpha value is -2.18. The van der Waals surface area contributed by atoms with Crippen molar-refractivity contribution in [2.75, 3.05) is 24.7 Å². The third-order valence-corrected chi connectivity index (χ3v) is 4.39. The fourth-order valence-electron chi connectivity index (χ4n) is 2.90. The van der Waals surface area contributed by atoms with E-state index < -0.39 is 0 Å². The number of nitrogens with one attached hydrogen (secondary N) is 1. The van der Waals surface area contributed by atoms with Crippen LogP contribution in [0.5, 0.6) is 0 Å². The van der Waals surface area contributed by atoms with Gasteiger partial charge in [-0.05, 0) is 25.1 Å². The smallest absolute Gasteiger partial charge is 0.131 e. The molecule has 0 aromatic carbocycles. The summed E-state index contributed by atoms with van der Waals surface area (Å²) in [5.41, 5.74) is 2.36. The first-order chi connectivity index (χ1) is 11.2. The number of hydrogen-bond donors (Lipinski definition) is 1.